The van der Waals surface area contributed by atoms with Crippen molar-refractivity contribution in [3.05, 3.63) is 78.4 Å². The fraction of sp³-hybridized carbons (Fsp3) is 0.250. The molecule has 0 aliphatic rings. The number of rotatable bonds is 8. The van der Waals surface area contributed by atoms with Crippen LogP contribution in [0.2, 0.25) is 0 Å². The number of pyridine rings is 1. The molecule has 5 heteroatoms. The third kappa shape index (κ3) is 6.14. The molecule has 0 fully saturated rings. The number of nitrogens with zero attached hydrogens (tertiary/aromatic N) is 2. The molecule has 2 aromatic carbocycles. The summed E-state index contributed by atoms with van der Waals surface area (Å²) in [7, 11) is 0. The van der Waals surface area contributed by atoms with Gasteiger partial charge >= 0.3 is 5.97 Å². The molecule has 0 aliphatic carbocycles. The molecule has 1 aromatic heterocycles. The van der Waals surface area contributed by atoms with Crippen LogP contribution in [0.5, 0.6) is 0 Å². The zero-order valence-electron chi connectivity index (χ0n) is 16.9. The van der Waals surface area contributed by atoms with Gasteiger partial charge < -0.3 is 9.64 Å². The van der Waals surface area contributed by atoms with Crippen LogP contribution >= 0.6 is 12.4 Å². The predicted octanol–water partition coefficient (Wildman–Crippen LogP) is 5.34. The molecule has 0 saturated heterocycles. The molecule has 0 N–H and O–H groups in total. The summed E-state index contributed by atoms with van der Waals surface area (Å²) < 4.78 is 5.54. The Morgan fingerprint density at radius 2 is 1.34 bits per heavy atom. The smallest absolute Gasteiger partial charge is 0.338 e. The molecule has 0 saturated carbocycles. The Balaban J connectivity index is 0.00000300. The first-order valence-corrected chi connectivity index (χ1v) is 9.73. The van der Waals surface area contributed by atoms with Crippen LogP contribution in [-0.2, 0) is 4.74 Å². The second-order valence-electron chi connectivity index (χ2n) is 6.52. The molecule has 0 bridgehead atoms. The van der Waals surface area contributed by atoms with E-state index in [0.717, 1.165) is 42.1 Å². The number of esters is 1. The fourth-order valence-corrected chi connectivity index (χ4v) is 3.05. The van der Waals surface area contributed by atoms with Gasteiger partial charge in [0.25, 0.3) is 0 Å². The zero-order chi connectivity index (χ0) is 19.8. The summed E-state index contributed by atoms with van der Waals surface area (Å²) in [5, 5.41) is 0. The van der Waals surface area contributed by atoms with Crippen molar-refractivity contribution in [2.24, 2.45) is 0 Å². The maximum Gasteiger partial charge on any atom is 0.338 e. The highest BCUT2D eigenvalue weighted by Crippen LogP contribution is 2.25. The topological polar surface area (TPSA) is 42.4 Å². The minimum atomic E-state index is -0.316. The van der Waals surface area contributed by atoms with Crippen LogP contribution in [-0.4, -0.2) is 42.1 Å². The Morgan fingerprint density at radius 1 is 0.862 bits per heavy atom. The fourth-order valence-electron chi connectivity index (χ4n) is 3.05. The molecule has 3 rings (SSSR count). The normalized spacial score (nSPS) is 10.4. The summed E-state index contributed by atoms with van der Waals surface area (Å²) in [6, 6.07) is 23.4. The summed E-state index contributed by atoms with van der Waals surface area (Å²) in [6.45, 7) is 7.21. The van der Waals surface area contributed by atoms with Crippen molar-refractivity contribution in [1.29, 1.82) is 0 Å². The van der Waals surface area contributed by atoms with E-state index in [1.807, 2.05) is 72.8 Å². The number of benzene rings is 2. The molecule has 0 unspecified atom stereocenters. The lowest BCUT2D eigenvalue weighted by Gasteiger charge is -2.17. The first kappa shape index (κ1) is 22.6. The number of carbonyl (C=O) groups excluding carboxylic acids is 1. The lowest BCUT2D eigenvalue weighted by molar-refractivity contribution is 0.0466. The van der Waals surface area contributed by atoms with E-state index in [-0.39, 0.29) is 18.4 Å². The molecule has 0 atom stereocenters. The summed E-state index contributed by atoms with van der Waals surface area (Å²) in [5.41, 5.74) is 3.98. The standard InChI is InChI=1S/C24H26N2O2.ClH/c1-3-26(4-2)15-16-28-24(27)21-17-22(19-11-7-5-8-12-19)25-23(18-21)20-13-9-6-10-14-20;/h5-14,17-18H,3-4,15-16H2,1-2H3;1H. The van der Waals surface area contributed by atoms with Gasteiger partial charge in [-0.3, -0.25) is 0 Å². The maximum atomic E-state index is 12.7. The Hall–Kier alpha value is -2.69. The average molecular weight is 411 g/mol. The predicted molar refractivity (Wildman–Crippen MR) is 120 cm³/mol. The Morgan fingerprint density at radius 3 is 1.79 bits per heavy atom. The van der Waals surface area contributed by atoms with Crippen LogP contribution in [0.4, 0.5) is 0 Å². The Kier molecular flexibility index (Phi) is 8.84. The van der Waals surface area contributed by atoms with Crippen LogP contribution < -0.4 is 0 Å². The monoisotopic (exact) mass is 410 g/mol. The first-order valence-electron chi connectivity index (χ1n) is 9.73. The van der Waals surface area contributed by atoms with E-state index in [9.17, 15) is 4.79 Å². The van der Waals surface area contributed by atoms with E-state index >= 15 is 0 Å². The minimum absolute atomic E-state index is 0. The van der Waals surface area contributed by atoms with Crippen molar-refractivity contribution in [2.75, 3.05) is 26.2 Å². The molecule has 29 heavy (non-hydrogen) atoms. The van der Waals surface area contributed by atoms with Gasteiger partial charge in [0.1, 0.15) is 6.61 Å². The second kappa shape index (κ2) is 11.3. The van der Waals surface area contributed by atoms with Gasteiger partial charge in [-0.05, 0) is 25.2 Å². The molecule has 0 radical (unpaired) electrons. The number of halogens is 1. The van der Waals surface area contributed by atoms with Crippen molar-refractivity contribution in [1.82, 2.24) is 9.88 Å². The quantitative estimate of drug-likeness (QED) is 0.470. The lowest BCUT2D eigenvalue weighted by atomic mass is 10.0. The highest BCUT2D eigenvalue weighted by atomic mass is 35.5. The molecule has 3 aromatic rings. The third-order valence-electron chi connectivity index (χ3n) is 4.74. The van der Waals surface area contributed by atoms with Crippen LogP contribution in [0.3, 0.4) is 0 Å². The molecule has 152 valence electrons. The average Bonchev–Trinajstić information content (AvgIpc) is 2.77. The Bertz CT molecular complexity index is 840. The van der Waals surface area contributed by atoms with E-state index in [2.05, 4.69) is 18.7 Å². The van der Waals surface area contributed by atoms with Crippen LogP contribution in [0.1, 0.15) is 24.2 Å². The van der Waals surface area contributed by atoms with E-state index < -0.39 is 0 Å². The van der Waals surface area contributed by atoms with Gasteiger partial charge in [-0.15, -0.1) is 12.4 Å². The van der Waals surface area contributed by atoms with Gasteiger partial charge in [0.2, 0.25) is 0 Å². The number of ether oxygens (including phenoxy) is 1. The largest absolute Gasteiger partial charge is 0.461 e. The summed E-state index contributed by atoms with van der Waals surface area (Å²) in [5.74, 6) is -0.316. The molecule has 0 aliphatic heterocycles. The molecule has 1 heterocycles. The number of aromatic nitrogens is 1. The molecular formula is C24H27ClN2O2. The van der Waals surface area contributed by atoms with Gasteiger partial charge in [0.05, 0.1) is 17.0 Å². The van der Waals surface area contributed by atoms with Crippen LogP contribution in [0, 0.1) is 0 Å². The van der Waals surface area contributed by atoms with Crippen molar-refractivity contribution < 1.29 is 9.53 Å². The minimum Gasteiger partial charge on any atom is -0.461 e. The number of carbonyl (C=O) groups is 1. The Labute approximate surface area is 179 Å². The maximum absolute atomic E-state index is 12.7. The van der Waals surface area contributed by atoms with Gasteiger partial charge in [-0.2, -0.15) is 0 Å². The van der Waals surface area contributed by atoms with Gasteiger partial charge in [0.15, 0.2) is 0 Å². The molecule has 4 nitrogen and oxygen atoms in total. The van der Waals surface area contributed by atoms with E-state index in [0.29, 0.717) is 12.2 Å². The zero-order valence-corrected chi connectivity index (χ0v) is 17.7. The third-order valence-corrected chi connectivity index (χ3v) is 4.74. The molecule has 0 amide bonds. The van der Waals surface area contributed by atoms with Crippen LogP contribution in [0.15, 0.2) is 72.8 Å². The van der Waals surface area contributed by atoms with Crippen LogP contribution in [0.25, 0.3) is 22.5 Å². The highest BCUT2D eigenvalue weighted by molar-refractivity contribution is 5.92. The highest BCUT2D eigenvalue weighted by Gasteiger charge is 2.14. The van der Waals surface area contributed by atoms with Crippen molar-refractivity contribution in [3.8, 4) is 22.5 Å². The first-order chi connectivity index (χ1) is 13.7. The van der Waals surface area contributed by atoms with Crippen molar-refractivity contribution >= 4 is 18.4 Å². The SMILES string of the molecule is CCN(CC)CCOC(=O)c1cc(-c2ccccc2)nc(-c2ccccc2)c1.Cl. The number of hydrogen-bond donors (Lipinski definition) is 0. The molecular weight excluding hydrogens is 384 g/mol. The van der Waals surface area contributed by atoms with Gasteiger partial charge in [0, 0.05) is 17.7 Å². The second-order valence-corrected chi connectivity index (χ2v) is 6.52. The number of likely N-dealkylation sites (N-methyl/N-ethyl adjacent to an activating group) is 1. The van der Waals surface area contributed by atoms with E-state index in [4.69, 9.17) is 9.72 Å². The summed E-state index contributed by atoms with van der Waals surface area (Å²) in [4.78, 5) is 19.7. The van der Waals surface area contributed by atoms with Gasteiger partial charge in [-0.25, -0.2) is 9.78 Å². The van der Waals surface area contributed by atoms with Gasteiger partial charge in [-0.1, -0.05) is 74.5 Å². The van der Waals surface area contributed by atoms with Crippen molar-refractivity contribution in [3.63, 3.8) is 0 Å². The summed E-state index contributed by atoms with van der Waals surface area (Å²) >= 11 is 0. The van der Waals surface area contributed by atoms with E-state index in [1.165, 1.54) is 0 Å². The number of hydrogen-bond acceptors (Lipinski definition) is 4. The summed E-state index contributed by atoms with van der Waals surface area (Å²) in [6.07, 6.45) is 0. The lowest BCUT2D eigenvalue weighted by Crippen LogP contribution is -2.27. The molecule has 0 spiro atoms. The van der Waals surface area contributed by atoms with E-state index in [1.54, 1.807) is 0 Å². The van der Waals surface area contributed by atoms with Crippen molar-refractivity contribution in [2.45, 2.75) is 13.8 Å².